The predicted octanol–water partition coefficient (Wildman–Crippen LogP) is 0.677. The lowest BCUT2D eigenvalue weighted by atomic mass is 10.3. The Morgan fingerprint density at radius 2 is 1.85 bits per heavy atom. The number of para-hydroxylation sites is 1. The van der Waals surface area contributed by atoms with Crippen LogP contribution in [-0.4, -0.2) is 15.2 Å². The maximum Gasteiger partial charge on any atom is 0.271 e. The predicted molar refractivity (Wildman–Crippen MR) is 76.6 cm³/mol. The Kier molecular flexibility index (Phi) is 3.24. The molecule has 0 saturated heterocycles. The molecular weight excluding hydrogens is 254 g/mol. The van der Waals surface area contributed by atoms with E-state index in [4.69, 9.17) is 4.74 Å². The summed E-state index contributed by atoms with van der Waals surface area (Å²) in [6.45, 7) is 0. The van der Waals surface area contributed by atoms with Crippen LogP contribution in [0.15, 0.2) is 53.5 Å². The van der Waals surface area contributed by atoms with Gasteiger partial charge in [-0.05, 0) is 30.3 Å². The SMILES string of the molecule is O=c1[nH][nH]c(=COc2ccccc2)c1=Cc1ccc[nH]1. The first-order valence-corrected chi connectivity index (χ1v) is 6.16. The number of hydrogen-bond donors (Lipinski definition) is 3. The van der Waals surface area contributed by atoms with Crippen LogP contribution >= 0.6 is 0 Å². The number of ether oxygens (including phenoxy) is 1. The summed E-state index contributed by atoms with van der Waals surface area (Å²) in [5, 5.41) is 6.45. The lowest BCUT2D eigenvalue weighted by Crippen LogP contribution is -2.33. The summed E-state index contributed by atoms with van der Waals surface area (Å²) in [5.41, 5.74) is 0.659. The Labute approximate surface area is 114 Å². The summed E-state index contributed by atoms with van der Waals surface area (Å²) in [5.74, 6) is 0.709. The highest BCUT2D eigenvalue weighted by Gasteiger charge is 1.97. The number of rotatable bonds is 3. The van der Waals surface area contributed by atoms with Gasteiger partial charge in [0.15, 0.2) is 0 Å². The highest BCUT2D eigenvalue weighted by molar-refractivity contribution is 5.45. The molecule has 0 unspecified atom stereocenters. The summed E-state index contributed by atoms with van der Waals surface area (Å²) in [6.07, 6.45) is 5.08. The van der Waals surface area contributed by atoms with Gasteiger partial charge in [-0.25, -0.2) is 0 Å². The van der Waals surface area contributed by atoms with E-state index < -0.39 is 0 Å². The fourth-order valence-electron chi connectivity index (χ4n) is 1.83. The van der Waals surface area contributed by atoms with Gasteiger partial charge in [0.25, 0.3) is 5.56 Å². The van der Waals surface area contributed by atoms with Crippen molar-refractivity contribution in [1.29, 1.82) is 0 Å². The summed E-state index contributed by atoms with van der Waals surface area (Å²) in [7, 11) is 0. The highest BCUT2D eigenvalue weighted by Crippen LogP contribution is 2.07. The Morgan fingerprint density at radius 1 is 1.00 bits per heavy atom. The van der Waals surface area contributed by atoms with Crippen LogP contribution in [0.2, 0.25) is 0 Å². The lowest BCUT2D eigenvalue weighted by molar-refractivity contribution is 0.537. The van der Waals surface area contributed by atoms with E-state index in [1.165, 1.54) is 6.26 Å². The van der Waals surface area contributed by atoms with Crippen molar-refractivity contribution in [2.75, 3.05) is 0 Å². The minimum atomic E-state index is -0.192. The van der Waals surface area contributed by atoms with Crippen molar-refractivity contribution >= 4 is 12.3 Å². The van der Waals surface area contributed by atoms with E-state index in [1.807, 2.05) is 42.5 Å². The second-order valence-corrected chi connectivity index (χ2v) is 4.23. The molecule has 100 valence electrons. The van der Waals surface area contributed by atoms with E-state index in [9.17, 15) is 4.79 Å². The molecule has 5 nitrogen and oxygen atoms in total. The van der Waals surface area contributed by atoms with Crippen molar-refractivity contribution in [3.8, 4) is 5.75 Å². The summed E-state index contributed by atoms with van der Waals surface area (Å²) < 4.78 is 5.52. The van der Waals surface area contributed by atoms with Crippen LogP contribution in [0, 0.1) is 0 Å². The van der Waals surface area contributed by atoms with Crippen molar-refractivity contribution in [2.24, 2.45) is 0 Å². The monoisotopic (exact) mass is 267 g/mol. The second-order valence-electron chi connectivity index (χ2n) is 4.23. The molecule has 0 atom stereocenters. The van der Waals surface area contributed by atoms with Gasteiger partial charge in [-0.3, -0.25) is 15.0 Å². The maximum absolute atomic E-state index is 11.8. The van der Waals surface area contributed by atoms with Crippen LogP contribution in [0.1, 0.15) is 5.69 Å². The number of aromatic amines is 3. The highest BCUT2D eigenvalue weighted by atomic mass is 16.5. The smallest absolute Gasteiger partial charge is 0.271 e. The van der Waals surface area contributed by atoms with E-state index >= 15 is 0 Å². The molecule has 0 spiro atoms. The Hall–Kier alpha value is -2.95. The molecule has 0 aliphatic rings. The molecule has 1 aromatic carbocycles. The van der Waals surface area contributed by atoms with E-state index in [2.05, 4.69) is 15.2 Å². The molecule has 0 aliphatic heterocycles. The summed E-state index contributed by atoms with van der Waals surface area (Å²) in [4.78, 5) is 14.8. The van der Waals surface area contributed by atoms with Crippen molar-refractivity contribution in [3.05, 3.63) is 75.3 Å². The maximum atomic E-state index is 11.8. The third-order valence-corrected chi connectivity index (χ3v) is 2.82. The van der Waals surface area contributed by atoms with Gasteiger partial charge in [0.05, 0.1) is 5.22 Å². The quantitative estimate of drug-likeness (QED) is 0.653. The van der Waals surface area contributed by atoms with Gasteiger partial charge >= 0.3 is 0 Å². The molecule has 3 N–H and O–H groups in total. The number of nitrogens with one attached hydrogen (secondary N) is 3. The second kappa shape index (κ2) is 5.36. The Balaban J connectivity index is 2.01. The molecule has 0 radical (unpaired) electrons. The van der Waals surface area contributed by atoms with Gasteiger partial charge in [0.1, 0.15) is 17.4 Å². The molecule has 0 fully saturated rings. The zero-order chi connectivity index (χ0) is 13.8. The van der Waals surface area contributed by atoms with Crippen LogP contribution < -0.4 is 20.9 Å². The van der Waals surface area contributed by atoms with Gasteiger partial charge in [0.2, 0.25) is 0 Å². The van der Waals surface area contributed by atoms with E-state index in [-0.39, 0.29) is 5.56 Å². The molecular formula is C15H13N3O2. The average Bonchev–Trinajstić information content (AvgIpc) is 3.10. The number of benzene rings is 1. The molecule has 0 amide bonds. The number of hydrogen-bond acceptors (Lipinski definition) is 2. The zero-order valence-corrected chi connectivity index (χ0v) is 10.6. The first kappa shape index (κ1) is 12.1. The molecule has 3 aromatic rings. The summed E-state index contributed by atoms with van der Waals surface area (Å²) in [6, 6.07) is 13.1. The number of aromatic nitrogens is 3. The van der Waals surface area contributed by atoms with Gasteiger partial charge < -0.3 is 9.72 Å². The molecule has 0 bridgehead atoms. The number of H-pyrrole nitrogens is 3. The van der Waals surface area contributed by atoms with E-state index in [1.54, 1.807) is 12.3 Å². The van der Waals surface area contributed by atoms with Crippen molar-refractivity contribution in [3.63, 3.8) is 0 Å². The van der Waals surface area contributed by atoms with Crippen molar-refractivity contribution in [2.45, 2.75) is 0 Å². The molecule has 5 heteroatoms. The molecule has 0 aliphatic carbocycles. The fourth-order valence-corrected chi connectivity index (χ4v) is 1.83. The Bertz CT molecular complexity index is 843. The molecule has 3 rings (SSSR count). The van der Waals surface area contributed by atoms with E-state index in [0.717, 1.165) is 5.69 Å². The average molecular weight is 267 g/mol. The topological polar surface area (TPSA) is 73.7 Å². The van der Waals surface area contributed by atoms with Gasteiger partial charge in [-0.2, -0.15) is 0 Å². The van der Waals surface area contributed by atoms with Crippen LogP contribution in [0.25, 0.3) is 12.3 Å². The largest absolute Gasteiger partial charge is 0.463 e. The van der Waals surface area contributed by atoms with E-state index in [0.29, 0.717) is 16.3 Å². The van der Waals surface area contributed by atoms with Gasteiger partial charge in [0, 0.05) is 11.9 Å². The van der Waals surface area contributed by atoms with Crippen LogP contribution in [0.5, 0.6) is 5.75 Å². The zero-order valence-electron chi connectivity index (χ0n) is 10.6. The minimum absolute atomic E-state index is 0.192. The Morgan fingerprint density at radius 3 is 2.60 bits per heavy atom. The molecule has 2 aromatic heterocycles. The van der Waals surface area contributed by atoms with Crippen molar-refractivity contribution < 1.29 is 4.74 Å². The van der Waals surface area contributed by atoms with Gasteiger partial charge in [-0.15, -0.1) is 0 Å². The van der Waals surface area contributed by atoms with Crippen LogP contribution in [0.3, 0.4) is 0 Å². The standard InChI is InChI=1S/C15H13N3O2/c19-15-13(9-11-5-4-8-16-11)14(17-18-15)10-20-12-6-2-1-3-7-12/h1-10,16-17H,(H,18,19). The summed E-state index contributed by atoms with van der Waals surface area (Å²) >= 11 is 0. The third kappa shape index (κ3) is 2.56. The molecule has 20 heavy (non-hydrogen) atoms. The first-order valence-electron chi connectivity index (χ1n) is 6.16. The van der Waals surface area contributed by atoms with Gasteiger partial charge in [-0.1, -0.05) is 18.2 Å². The fraction of sp³-hybridized carbons (Fsp3) is 0. The lowest BCUT2D eigenvalue weighted by Gasteiger charge is -1.96. The van der Waals surface area contributed by atoms with Crippen LogP contribution in [0.4, 0.5) is 0 Å². The van der Waals surface area contributed by atoms with Crippen molar-refractivity contribution in [1.82, 2.24) is 15.2 Å². The van der Waals surface area contributed by atoms with Crippen LogP contribution in [-0.2, 0) is 0 Å². The normalized spacial score (nSPS) is 12.8. The molecule has 0 saturated carbocycles. The molecule has 2 heterocycles. The third-order valence-electron chi connectivity index (χ3n) is 2.82. The minimum Gasteiger partial charge on any atom is -0.463 e. The first-order chi connectivity index (χ1) is 9.83.